The monoisotopic (exact) mass is 667 g/mol. The van der Waals surface area contributed by atoms with Gasteiger partial charge in [-0.25, -0.2) is 0 Å². The minimum atomic E-state index is -0.492. The van der Waals surface area contributed by atoms with Crippen molar-refractivity contribution in [2.24, 2.45) is 5.10 Å². The van der Waals surface area contributed by atoms with E-state index in [1.165, 1.54) is 16.8 Å². The number of thioether (sulfide) groups is 1. The Labute approximate surface area is 266 Å². The summed E-state index contributed by atoms with van der Waals surface area (Å²) in [5.74, 6) is -0.996. The molecule has 3 N–H and O–H groups in total. The second-order valence-electron chi connectivity index (χ2n) is 9.51. The van der Waals surface area contributed by atoms with Gasteiger partial charge in [0.25, 0.3) is 17.7 Å². The number of rotatable bonds is 9. The van der Waals surface area contributed by atoms with E-state index >= 15 is 0 Å². The fraction of sp³-hybridized carbons (Fsp3) is 0.0606. The molecule has 0 saturated carbocycles. The Hall–Kier alpha value is -5.00. The standard InChI is InChI=1S/C33H26BrN5O4S/c34-24-13-11-22(12-14-24)19-28(36-32(42)23-7-3-1-4-8-23)33(43)35-25-15-17-27(18-16-25)44-21-30(40)37-29-20-31(41)39(38-29)26-9-5-2-6-10-26/h1-19H,20-21H2,(H,35,43)(H,36,42)(H,37,38,40)/b28-19-. The molecule has 44 heavy (non-hydrogen) atoms. The number of anilines is 2. The van der Waals surface area contributed by atoms with E-state index in [0.717, 1.165) is 14.9 Å². The summed E-state index contributed by atoms with van der Waals surface area (Å²) in [5, 5.41) is 13.8. The molecule has 0 aromatic heterocycles. The van der Waals surface area contributed by atoms with Crippen molar-refractivity contribution in [2.75, 3.05) is 16.1 Å². The molecule has 5 rings (SSSR count). The fourth-order valence-corrected chi connectivity index (χ4v) is 5.08. The minimum absolute atomic E-state index is 0.0176. The molecule has 0 fully saturated rings. The maximum absolute atomic E-state index is 13.3. The molecule has 4 amide bonds. The third-order valence-corrected chi connectivity index (χ3v) is 7.79. The molecule has 1 aliphatic heterocycles. The Morgan fingerprint density at radius 3 is 2.18 bits per heavy atom. The molecule has 0 saturated heterocycles. The first kappa shape index (κ1) is 30.5. The zero-order valence-electron chi connectivity index (χ0n) is 23.2. The van der Waals surface area contributed by atoms with Gasteiger partial charge in [0.05, 0.1) is 17.9 Å². The van der Waals surface area contributed by atoms with Crippen molar-refractivity contribution in [3.63, 3.8) is 0 Å². The SMILES string of the molecule is O=C(CSc1ccc(NC(=O)/C(=C/c2ccc(Br)cc2)NC(=O)c2ccccc2)cc1)NC1=NN(c2ccccc2)C(=O)C1. The molecule has 11 heteroatoms. The van der Waals surface area contributed by atoms with E-state index in [9.17, 15) is 19.2 Å². The van der Waals surface area contributed by atoms with Crippen molar-refractivity contribution in [2.45, 2.75) is 11.3 Å². The lowest BCUT2D eigenvalue weighted by Gasteiger charge is -2.12. The second-order valence-corrected chi connectivity index (χ2v) is 11.5. The molecule has 0 unspecified atom stereocenters. The number of hydrogen-bond donors (Lipinski definition) is 3. The number of hydrazone groups is 1. The van der Waals surface area contributed by atoms with Crippen molar-refractivity contribution in [3.05, 3.63) is 130 Å². The normalized spacial score (nSPS) is 12.8. The molecular formula is C33H26BrN5O4S. The number of nitrogens with zero attached hydrogens (tertiary/aromatic N) is 2. The molecule has 220 valence electrons. The highest BCUT2D eigenvalue weighted by atomic mass is 79.9. The third-order valence-electron chi connectivity index (χ3n) is 6.25. The lowest BCUT2D eigenvalue weighted by Crippen LogP contribution is -2.31. The molecule has 0 radical (unpaired) electrons. The summed E-state index contributed by atoms with van der Waals surface area (Å²) in [6.07, 6.45) is 1.62. The maximum atomic E-state index is 13.3. The van der Waals surface area contributed by atoms with Crippen molar-refractivity contribution in [3.8, 4) is 0 Å². The van der Waals surface area contributed by atoms with Crippen molar-refractivity contribution >= 4 is 74.6 Å². The van der Waals surface area contributed by atoms with Gasteiger partial charge in [-0.05, 0) is 72.3 Å². The number of nitrogens with one attached hydrogen (secondary N) is 3. The Kier molecular flexibility index (Phi) is 10.0. The molecular weight excluding hydrogens is 642 g/mol. The Morgan fingerprint density at radius 1 is 0.841 bits per heavy atom. The van der Waals surface area contributed by atoms with Crippen LogP contribution >= 0.6 is 27.7 Å². The molecule has 0 atom stereocenters. The van der Waals surface area contributed by atoms with Gasteiger partial charge in [0, 0.05) is 20.6 Å². The van der Waals surface area contributed by atoms with E-state index in [-0.39, 0.29) is 29.7 Å². The van der Waals surface area contributed by atoms with E-state index in [1.807, 2.05) is 48.5 Å². The quantitative estimate of drug-likeness (QED) is 0.154. The van der Waals surface area contributed by atoms with Crippen LogP contribution in [-0.4, -0.2) is 35.2 Å². The number of amides is 4. The van der Waals surface area contributed by atoms with E-state index in [1.54, 1.807) is 66.7 Å². The van der Waals surface area contributed by atoms with E-state index in [2.05, 4.69) is 37.0 Å². The molecule has 1 heterocycles. The van der Waals surface area contributed by atoms with Crippen LogP contribution in [0.1, 0.15) is 22.3 Å². The summed E-state index contributed by atoms with van der Waals surface area (Å²) < 4.78 is 0.890. The first-order chi connectivity index (χ1) is 21.3. The van der Waals surface area contributed by atoms with Crippen LogP contribution in [0.4, 0.5) is 11.4 Å². The lowest BCUT2D eigenvalue weighted by atomic mass is 10.1. The first-order valence-electron chi connectivity index (χ1n) is 13.5. The molecule has 1 aliphatic rings. The van der Waals surface area contributed by atoms with Crippen molar-refractivity contribution in [1.29, 1.82) is 0 Å². The maximum Gasteiger partial charge on any atom is 0.272 e. The molecule has 0 aliphatic carbocycles. The zero-order chi connectivity index (χ0) is 30.9. The van der Waals surface area contributed by atoms with Gasteiger partial charge in [0.1, 0.15) is 11.5 Å². The number of carbonyl (C=O) groups is 4. The van der Waals surface area contributed by atoms with Crippen LogP contribution < -0.4 is 21.0 Å². The summed E-state index contributed by atoms with van der Waals surface area (Å²) >= 11 is 4.70. The third kappa shape index (κ3) is 8.30. The van der Waals surface area contributed by atoms with Gasteiger partial charge in [0.15, 0.2) is 0 Å². The average molecular weight is 669 g/mol. The summed E-state index contributed by atoms with van der Waals surface area (Å²) in [6.45, 7) is 0. The van der Waals surface area contributed by atoms with Crippen molar-refractivity contribution in [1.82, 2.24) is 10.6 Å². The molecule has 0 spiro atoms. The largest absolute Gasteiger partial charge is 0.321 e. The molecule has 0 bridgehead atoms. The number of para-hydroxylation sites is 1. The Morgan fingerprint density at radius 2 is 1.50 bits per heavy atom. The van der Waals surface area contributed by atoms with E-state index in [0.29, 0.717) is 22.8 Å². The number of benzene rings is 4. The molecule has 4 aromatic carbocycles. The van der Waals surface area contributed by atoms with Crippen molar-refractivity contribution < 1.29 is 19.2 Å². The highest BCUT2D eigenvalue weighted by Gasteiger charge is 2.26. The van der Waals surface area contributed by atoms with Crippen LogP contribution in [-0.2, 0) is 14.4 Å². The highest BCUT2D eigenvalue weighted by molar-refractivity contribution is 9.10. The summed E-state index contributed by atoms with van der Waals surface area (Å²) in [7, 11) is 0. The van der Waals surface area contributed by atoms with Gasteiger partial charge in [-0.2, -0.15) is 10.1 Å². The van der Waals surface area contributed by atoms with Crippen LogP contribution in [0.25, 0.3) is 6.08 Å². The van der Waals surface area contributed by atoms with Gasteiger partial charge in [-0.1, -0.05) is 64.5 Å². The van der Waals surface area contributed by atoms with Gasteiger partial charge >= 0.3 is 0 Å². The van der Waals surface area contributed by atoms with Crippen LogP contribution in [0.3, 0.4) is 0 Å². The Bertz CT molecular complexity index is 1730. The van der Waals surface area contributed by atoms with Crippen LogP contribution in [0, 0.1) is 0 Å². The van der Waals surface area contributed by atoms with Crippen LogP contribution in [0.5, 0.6) is 0 Å². The fourth-order valence-electron chi connectivity index (χ4n) is 4.12. The summed E-state index contributed by atoms with van der Waals surface area (Å²) in [5.41, 5.74) is 2.39. The topological polar surface area (TPSA) is 120 Å². The van der Waals surface area contributed by atoms with Crippen LogP contribution in [0.15, 0.2) is 129 Å². The number of hydrogen-bond acceptors (Lipinski definition) is 6. The summed E-state index contributed by atoms with van der Waals surface area (Å²) in [6, 6.07) is 32.0. The minimum Gasteiger partial charge on any atom is -0.321 e. The summed E-state index contributed by atoms with van der Waals surface area (Å²) in [4.78, 5) is 51.7. The zero-order valence-corrected chi connectivity index (χ0v) is 25.6. The van der Waals surface area contributed by atoms with E-state index in [4.69, 9.17) is 0 Å². The van der Waals surface area contributed by atoms with Gasteiger partial charge < -0.3 is 16.0 Å². The average Bonchev–Trinajstić information content (AvgIpc) is 3.41. The first-order valence-corrected chi connectivity index (χ1v) is 15.2. The second kappa shape index (κ2) is 14.5. The Balaban J connectivity index is 1.18. The van der Waals surface area contributed by atoms with Gasteiger partial charge in [-0.15, -0.1) is 11.8 Å². The highest BCUT2D eigenvalue weighted by Crippen LogP contribution is 2.22. The predicted octanol–water partition coefficient (Wildman–Crippen LogP) is 5.82. The number of halogens is 1. The molecule has 4 aromatic rings. The van der Waals surface area contributed by atoms with E-state index < -0.39 is 11.8 Å². The number of amidine groups is 1. The smallest absolute Gasteiger partial charge is 0.272 e. The van der Waals surface area contributed by atoms with Crippen LogP contribution in [0.2, 0.25) is 0 Å². The molecule has 9 nitrogen and oxygen atoms in total. The number of carbonyl (C=O) groups excluding carboxylic acids is 4. The van der Waals surface area contributed by atoms with Gasteiger partial charge in [0.2, 0.25) is 5.91 Å². The van der Waals surface area contributed by atoms with Gasteiger partial charge in [-0.3, -0.25) is 19.2 Å². The predicted molar refractivity (Wildman–Crippen MR) is 176 cm³/mol. The lowest BCUT2D eigenvalue weighted by molar-refractivity contribution is -0.117.